The van der Waals surface area contributed by atoms with Crippen LogP contribution in [-0.2, 0) is 4.79 Å². The number of carbonyl (C=O) groups excluding carboxylic acids is 1. The number of carbonyl (C=O) groups is 1. The second kappa shape index (κ2) is 46.3. The molecule has 0 aliphatic heterocycles. The molecule has 0 fully saturated rings. The molecule has 0 spiro atoms. The smallest absolute Gasteiger partial charge is 0.222 e. The zero-order valence-corrected chi connectivity index (χ0v) is 37.5. The Hall–Kier alpha value is -1.43. The Morgan fingerprint density at radius 1 is 0.464 bits per heavy atom. The van der Waals surface area contributed by atoms with E-state index in [-0.39, 0.29) is 18.9 Å². The molecule has 0 aliphatic rings. The number of amides is 1. The molecule has 1 amide bonds. The van der Waals surface area contributed by atoms with Gasteiger partial charge in [-0.1, -0.05) is 237 Å². The van der Waals surface area contributed by atoms with Gasteiger partial charge in [0, 0.05) is 0 Å². The molecule has 0 aromatic heterocycles. The topological polar surface area (TPSA) is 89.8 Å². The standard InChI is InChI=1S/C51H97NO4/c1-3-5-7-9-11-13-15-17-19-21-22-23-24-25-26-27-28-29-30-32-34-36-38-40-42-44-48(54)46-51(56)52-49(47-53)50(55)45-43-41-39-37-35-33-31-20-18-16-14-12-10-8-6-4-2/h22-23,25-26,43,45,48-50,53-55H,3-21,24,27-42,44,46-47H2,1-2H3,(H,52,56)/b23-22-,26-25-,45-43+. The van der Waals surface area contributed by atoms with Crippen LogP contribution in [0.5, 0.6) is 0 Å². The van der Waals surface area contributed by atoms with Crippen LogP contribution in [0.25, 0.3) is 0 Å². The van der Waals surface area contributed by atoms with Crippen LogP contribution in [-0.4, -0.2) is 46.1 Å². The number of nitrogens with one attached hydrogen (secondary N) is 1. The summed E-state index contributed by atoms with van der Waals surface area (Å²) in [7, 11) is 0. The van der Waals surface area contributed by atoms with Gasteiger partial charge in [0.05, 0.1) is 31.3 Å². The van der Waals surface area contributed by atoms with Crippen LogP contribution < -0.4 is 5.32 Å². The van der Waals surface area contributed by atoms with Gasteiger partial charge in [-0.15, -0.1) is 0 Å². The van der Waals surface area contributed by atoms with E-state index in [1.165, 1.54) is 199 Å². The van der Waals surface area contributed by atoms with E-state index >= 15 is 0 Å². The van der Waals surface area contributed by atoms with Crippen molar-refractivity contribution in [1.29, 1.82) is 0 Å². The van der Waals surface area contributed by atoms with Crippen LogP contribution in [0.4, 0.5) is 0 Å². The Morgan fingerprint density at radius 3 is 1.18 bits per heavy atom. The van der Waals surface area contributed by atoms with E-state index in [2.05, 4.69) is 43.5 Å². The summed E-state index contributed by atoms with van der Waals surface area (Å²) in [5, 5.41) is 33.3. The number of aliphatic hydroxyl groups excluding tert-OH is 3. The molecular weight excluding hydrogens is 691 g/mol. The fraction of sp³-hybridized carbons (Fsp3) is 0.863. The highest BCUT2D eigenvalue weighted by atomic mass is 16.3. The third-order valence-electron chi connectivity index (χ3n) is 11.4. The maximum absolute atomic E-state index is 12.5. The van der Waals surface area contributed by atoms with Gasteiger partial charge in [0.25, 0.3) is 0 Å². The summed E-state index contributed by atoms with van der Waals surface area (Å²) in [6, 6.07) is -0.745. The van der Waals surface area contributed by atoms with E-state index in [9.17, 15) is 20.1 Å². The van der Waals surface area contributed by atoms with Crippen molar-refractivity contribution < 1.29 is 20.1 Å². The van der Waals surface area contributed by atoms with Gasteiger partial charge in [0.1, 0.15) is 0 Å². The molecule has 0 aromatic carbocycles. The van der Waals surface area contributed by atoms with Crippen molar-refractivity contribution in [3.8, 4) is 0 Å². The van der Waals surface area contributed by atoms with Gasteiger partial charge in [-0.3, -0.25) is 4.79 Å². The largest absolute Gasteiger partial charge is 0.394 e. The van der Waals surface area contributed by atoms with E-state index in [0.29, 0.717) is 6.42 Å². The molecule has 0 aromatic rings. The van der Waals surface area contributed by atoms with Crippen LogP contribution in [0, 0.1) is 0 Å². The lowest BCUT2D eigenvalue weighted by molar-refractivity contribution is -0.124. The summed E-state index contributed by atoms with van der Waals surface area (Å²) in [5.74, 6) is -0.317. The van der Waals surface area contributed by atoms with E-state index in [1.54, 1.807) is 6.08 Å². The molecule has 0 saturated heterocycles. The van der Waals surface area contributed by atoms with Crippen molar-refractivity contribution in [3.63, 3.8) is 0 Å². The average Bonchev–Trinajstić information content (AvgIpc) is 3.19. The molecule has 5 heteroatoms. The fourth-order valence-corrected chi connectivity index (χ4v) is 7.61. The summed E-state index contributed by atoms with van der Waals surface area (Å²) in [6.07, 6.45) is 58.7. The van der Waals surface area contributed by atoms with Crippen molar-refractivity contribution in [2.24, 2.45) is 0 Å². The maximum Gasteiger partial charge on any atom is 0.222 e. The molecule has 330 valence electrons. The van der Waals surface area contributed by atoms with Gasteiger partial charge in [-0.25, -0.2) is 0 Å². The minimum Gasteiger partial charge on any atom is -0.394 e. The van der Waals surface area contributed by atoms with Crippen molar-refractivity contribution >= 4 is 5.91 Å². The normalized spacial score (nSPS) is 13.7. The van der Waals surface area contributed by atoms with Crippen molar-refractivity contribution in [2.45, 2.75) is 276 Å². The third kappa shape index (κ3) is 42.2. The predicted octanol–water partition coefficient (Wildman–Crippen LogP) is 14.7. The minimum atomic E-state index is -0.930. The van der Waals surface area contributed by atoms with E-state index in [4.69, 9.17) is 0 Å². The lowest BCUT2D eigenvalue weighted by Gasteiger charge is -2.21. The number of aliphatic hydroxyl groups is 3. The molecule has 4 N–H and O–H groups in total. The van der Waals surface area contributed by atoms with Gasteiger partial charge in [0.2, 0.25) is 5.91 Å². The van der Waals surface area contributed by atoms with E-state index < -0.39 is 18.2 Å². The zero-order chi connectivity index (χ0) is 40.8. The molecule has 0 saturated carbocycles. The van der Waals surface area contributed by atoms with Crippen LogP contribution in [0.15, 0.2) is 36.5 Å². The first-order valence-corrected chi connectivity index (χ1v) is 24.8. The first-order valence-electron chi connectivity index (χ1n) is 24.8. The number of hydrogen-bond acceptors (Lipinski definition) is 4. The van der Waals surface area contributed by atoms with Crippen LogP contribution in [0.3, 0.4) is 0 Å². The highest BCUT2D eigenvalue weighted by Crippen LogP contribution is 2.16. The molecule has 0 aliphatic carbocycles. The fourth-order valence-electron chi connectivity index (χ4n) is 7.61. The summed E-state index contributed by atoms with van der Waals surface area (Å²) in [4.78, 5) is 12.5. The Bertz CT molecular complexity index is 870. The molecule has 3 atom stereocenters. The Labute approximate surface area is 349 Å². The Balaban J connectivity index is 3.62. The number of allylic oxidation sites excluding steroid dienone is 5. The van der Waals surface area contributed by atoms with E-state index in [1.807, 2.05) is 6.08 Å². The second-order valence-corrected chi connectivity index (χ2v) is 17.1. The second-order valence-electron chi connectivity index (χ2n) is 17.1. The summed E-state index contributed by atoms with van der Waals surface area (Å²) in [5.41, 5.74) is 0. The van der Waals surface area contributed by atoms with E-state index in [0.717, 1.165) is 32.1 Å². The molecule has 0 bridgehead atoms. The third-order valence-corrected chi connectivity index (χ3v) is 11.4. The SMILES string of the molecule is CCCCCCCCCCC/C=C\C/C=C\CCCCCCCCCCCC(O)CC(=O)NC(CO)C(O)/C=C/CCCCCCCCCCCCCCCC. The van der Waals surface area contributed by atoms with Crippen LogP contribution >= 0.6 is 0 Å². The van der Waals surface area contributed by atoms with Gasteiger partial charge >= 0.3 is 0 Å². The average molecular weight is 788 g/mol. The summed E-state index contributed by atoms with van der Waals surface area (Å²) < 4.78 is 0. The lowest BCUT2D eigenvalue weighted by Crippen LogP contribution is -2.45. The van der Waals surface area contributed by atoms with Gasteiger partial charge in [-0.05, 0) is 51.4 Å². The van der Waals surface area contributed by atoms with Crippen molar-refractivity contribution in [1.82, 2.24) is 5.32 Å². The predicted molar refractivity (Wildman–Crippen MR) is 245 cm³/mol. The molecule has 0 radical (unpaired) electrons. The molecular formula is C51H97NO4. The van der Waals surface area contributed by atoms with Crippen molar-refractivity contribution in [3.05, 3.63) is 36.5 Å². The highest BCUT2D eigenvalue weighted by Gasteiger charge is 2.20. The number of hydrogen-bond donors (Lipinski definition) is 4. The Kier molecular flexibility index (Phi) is 45.1. The van der Waals surface area contributed by atoms with Gasteiger partial charge < -0.3 is 20.6 Å². The number of unbranched alkanes of at least 4 members (excludes halogenated alkanes) is 32. The Morgan fingerprint density at radius 2 is 0.804 bits per heavy atom. The summed E-state index contributed by atoms with van der Waals surface area (Å²) in [6.45, 7) is 4.22. The minimum absolute atomic E-state index is 0.0112. The molecule has 5 nitrogen and oxygen atoms in total. The first-order chi connectivity index (χ1) is 27.5. The number of rotatable bonds is 45. The zero-order valence-electron chi connectivity index (χ0n) is 37.5. The van der Waals surface area contributed by atoms with Gasteiger partial charge in [-0.2, -0.15) is 0 Å². The van der Waals surface area contributed by atoms with Crippen molar-refractivity contribution in [2.75, 3.05) is 6.61 Å². The van der Waals surface area contributed by atoms with Crippen LogP contribution in [0.2, 0.25) is 0 Å². The quantitative estimate of drug-likeness (QED) is 0.0365. The lowest BCUT2D eigenvalue weighted by atomic mass is 10.0. The monoisotopic (exact) mass is 788 g/mol. The van der Waals surface area contributed by atoms with Gasteiger partial charge in [0.15, 0.2) is 0 Å². The maximum atomic E-state index is 12.5. The molecule has 0 rings (SSSR count). The highest BCUT2D eigenvalue weighted by molar-refractivity contribution is 5.76. The van der Waals surface area contributed by atoms with Crippen LogP contribution in [0.1, 0.15) is 258 Å². The molecule has 0 heterocycles. The molecule has 3 unspecified atom stereocenters. The first kappa shape index (κ1) is 54.6. The molecule has 56 heavy (non-hydrogen) atoms. The summed E-state index contributed by atoms with van der Waals surface area (Å²) >= 11 is 0.